The van der Waals surface area contributed by atoms with Crippen LogP contribution in [0.3, 0.4) is 0 Å². The Morgan fingerprint density at radius 1 is 1.35 bits per heavy atom. The molecule has 1 aromatic carbocycles. The molecule has 2 aliphatic heterocycles. The minimum Gasteiger partial charge on any atom is -0.460 e. The third-order valence-corrected chi connectivity index (χ3v) is 3.98. The molecule has 2 saturated heterocycles. The van der Waals surface area contributed by atoms with Gasteiger partial charge < -0.3 is 24.4 Å². The molecule has 0 spiro atoms. The Morgan fingerprint density at radius 2 is 2.10 bits per heavy atom. The number of benzene rings is 1. The van der Waals surface area contributed by atoms with Crippen LogP contribution in [0.1, 0.15) is 5.56 Å². The van der Waals surface area contributed by atoms with Crippen LogP contribution < -0.4 is 0 Å². The lowest BCUT2D eigenvalue weighted by molar-refractivity contribution is -0.168. The van der Waals surface area contributed by atoms with E-state index in [4.69, 9.17) is 14.2 Å². The molecule has 108 valence electrons. The lowest BCUT2D eigenvalue weighted by atomic mass is 9.84. The summed E-state index contributed by atoms with van der Waals surface area (Å²) in [4.78, 5) is 11.7. The third-order valence-electron chi connectivity index (χ3n) is 3.98. The first-order valence-corrected chi connectivity index (χ1v) is 6.42. The fourth-order valence-electron chi connectivity index (χ4n) is 2.68. The van der Waals surface area contributed by atoms with Crippen molar-refractivity contribution in [2.24, 2.45) is 0 Å². The van der Waals surface area contributed by atoms with E-state index in [-0.39, 0.29) is 19.8 Å². The highest BCUT2D eigenvalue weighted by molar-refractivity contribution is 5.85. The Bertz CT molecular complexity index is 504. The minimum absolute atomic E-state index is 0.0407. The molecule has 2 heterocycles. The Hall–Kier alpha value is -1.47. The van der Waals surface area contributed by atoms with E-state index in [0.717, 1.165) is 5.56 Å². The lowest BCUT2D eigenvalue weighted by Crippen LogP contribution is -2.59. The van der Waals surface area contributed by atoms with Crippen molar-refractivity contribution < 1.29 is 29.2 Å². The van der Waals surface area contributed by atoms with E-state index in [1.807, 2.05) is 30.3 Å². The maximum absolute atomic E-state index is 11.7. The van der Waals surface area contributed by atoms with Gasteiger partial charge in [-0.3, -0.25) is 0 Å². The second kappa shape index (κ2) is 4.82. The van der Waals surface area contributed by atoms with Crippen molar-refractivity contribution in [1.82, 2.24) is 0 Å². The van der Waals surface area contributed by atoms with Crippen molar-refractivity contribution in [3.8, 4) is 0 Å². The monoisotopic (exact) mass is 280 g/mol. The Kier molecular flexibility index (Phi) is 3.25. The van der Waals surface area contributed by atoms with Gasteiger partial charge in [0.05, 0.1) is 19.8 Å². The predicted molar refractivity (Wildman–Crippen MR) is 66.7 cm³/mol. The predicted octanol–water partition coefficient (Wildman–Crippen LogP) is -0.379. The zero-order valence-electron chi connectivity index (χ0n) is 10.8. The molecular formula is C14H16O6. The van der Waals surface area contributed by atoms with Gasteiger partial charge in [-0.05, 0) is 5.56 Å². The van der Waals surface area contributed by atoms with Crippen molar-refractivity contribution in [2.75, 3.05) is 19.8 Å². The number of hydrogen-bond donors (Lipinski definition) is 2. The van der Waals surface area contributed by atoms with Gasteiger partial charge in [0.2, 0.25) is 5.60 Å². The van der Waals surface area contributed by atoms with Crippen LogP contribution in [-0.2, 0) is 25.6 Å². The lowest BCUT2D eigenvalue weighted by Gasteiger charge is -2.30. The number of hydrogen-bond acceptors (Lipinski definition) is 6. The molecule has 3 rings (SSSR count). The van der Waals surface area contributed by atoms with Gasteiger partial charge >= 0.3 is 5.97 Å². The molecule has 0 unspecified atom stereocenters. The van der Waals surface area contributed by atoms with Crippen molar-refractivity contribution in [3.63, 3.8) is 0 Å². The molecule has 0 radical (unpaired) electrons. The number of cyclic esters (lactones) is 1. The molecule has 1 aromatic rings. The fraction of sp³-hybridized carbons (Fsp3) is 0.500. The van der Waals surface area contributed by atoms with E-state index in [9.17, 15) is 15.0 Å². The summed E-state index contributed by atoms with van der Waals surface area (Å²) in [7, 11) is 0. The summed E-state index contributed by atoms with van der Waals surface area (Å²) in [6, 6.07) is 9.47. The molecule has 0 aliphatic carbocycles. The van der Waals surface area contributed by atoms with Gasteiger partial charge in [-0.1, -0.05) is 30.3 Å². The standard InChI is InChI=1S/C14H16O6/c15-8-14-12(16)19-9-13(14,17)11(7-20-14)18-6-10-4-2-1-3-5-10/h1-5,11,15,17H,6-9H2/t11-,13+,14-/m1/s1. The highest BCUT2D eigenvalue weighted by Crippen LogP contribution is 2.43. The topological polar surface area (TPSA) is 85.2 Å². The van der Waals surface area contributed by atoms with E-state index in [0.29, 0.717) is 0 Å². The number of rotatable bonds is 4. The highest BCUT2D eigenvalue weighted by Gasteiger charge is 2.71. The first-order chi connectivity index (χ1) is 9.62. The average molecular weight is 280 g/mol. The highest BCUT2D eigenvalue weighted by atomic mass is 16.7. The van der Waals surface area contributed by atoms with E-state index < -0.39 is 29.9 Å². The molecule has 2 N–H and O–H groups in total. The second-order valence-electron chi connectivity index (χ2n) is 5.08. The fourth-order valence-corrected chi connectivity index (χ4v) is 2.68. The zero-order valence-corrected chi connectivity index (χ0v) is 10.8. The summed E-state index contributed by atoms with van der Waals surface area (Å²) in [5.74, 6) is -0.742. The zero-order chi connectivity index (χ0) is 14.2. The molecule has 0 amide bonds. The van der Waals surface area contributed by atoms with E-state index >= 15 is 0 Å². The Balaban J connectivity index is 1.75. The molecule has 20 heavy (non-hydrogen) atoms. The minimum atomic E-state index is -1.71. The van der Waals surface area contributed by atoms with Crippen LogP contribution in [0.25, 0.3) is 0 Å². The molecule has 6 nitrogen and oxygen atoms in total. The quantitative estimate of drug-likeness (QED) is 0.731. The first kappa shape index (κ1) is 13.5. The molecule has 3 atom stereocenters. The van der Waals surface area contributed by atoms with Gasteiger partial charge in [0, 0.05) is 0 Å². The van der Waals surface area contributed by atoms with Gasteiger partial charge in [0.25, 0.3) is 0 Å². The summed E-state index contributed by atoms with van der Waals surface area (Å²) < 4.78 is 15.8. The third kappa shape index (κ3) is 1.76. The van der Waals surface area contributed by atoms with Crippen LogP contribution in [0.4, 0.5) is 0 Å². The van der Waals surface area contributed by atoms with Gasteiger partial charge in [-0.2, -0.15) is 0 Å². The van der Waals surface area contributed by atoms with Crippen molar-refractivity contribution >= 4 is 5.97 Å². The van der Waals surface area contributed by atoms with Crippen LogP contribution in [-0.4, -0.2) is 53.3 Å². The molecular weight excluding hydrogens is 264 g/mol. The largest absolute Gasteiger partial charge is 0.460 e. The van der Waals surface area contributed by atoms with Gasteiger partial charge in [-0.25, -0.2) is 4.79 Å². The van der Waals surface area contributed by atoms with Crippen LogP contribution in [0.5, 0.6) is 0 Å². The molecule has 2 fully saturated rings. The van der Waals surface area contributed by atoms with Crippen molar-refractivity contribution in [3.05, 3.63) is 35.9 Å². The first-order valence-electron chi connectivity index (χ1n) is 6.42. The summed E-state index contributed by atoms with van der Waals surface area (Å²) in [6.45, 7) is -0.536. The summed E-state index contributed by atoms with van der Waals surface area (Å²) >= 11 is 0. The normalized spacial score (nSPS) is 35.9. The van der Waals surface area contributed by atoms with Gasteiger partial charge in [0.1, 0.15) is 12.7 Å². The molecule has 6 heteroatoms. The Morgan fingerprint density at radius 3 is 2.80 bits per heavy atom. The van der Waals surface area contributed by atoms with Gasteiger partial charge in [0.15, 0.2) is 5.60 Å². The average Bonchev–Trinajstić information content (AvgIpc) is 2.90. The second-order valence-corrected chi connectivity index (χ2v) is 5.08. The molecule has 0 bridgehead atoms. The number of carbonyl (C=O) groups is 1. The van der Waals surface area contributed by atoms with E-state index in [1.165, 1.54) is 0 Å². The molecule has 2 aliphatic rings. The summed E-state index contributed by atoms with van der Waals surface area (Å²) in [5, 5.41) is 20.1. The van der Waals surface area contributed by atoms with Gasteiger partial charge in [-0.15, -0.1) is 0 Å². The van der Waals surface area contributed by atoms with Crippen molar-refractivity contribution in [1.29, 1.82) is 0 Å². The number of esters is 1. The Labute approximate surface area is 115 Å². The number of fused-ring (bicyclic) bond motifs is 1. The van der Waals surface area contributed by atoms with Crippen LogP contribution in [0.15, 0.2) is 30.3 Å². The van der Waals surface area contributed by atoms with Crippen LogP contribution in [0.2, 0.25) is 0 Å². The van der Waals surface area contributed by atoms with E-state index in [1.54, 1.807) is 0 Å². The maximum atomic E-state index is 11.7. The maximum Gasteiger partial charge on any atom is 0.344 e. The number of aliphatic hydroxyl groups excluding tert-OH is 1. The number of carbonyl (C=O) groups excluding carboxylic acids is 1. The molecule has 0 saturated carbocycles. The van der Waals surface area contributed by atoms with Crippen LogP contribution in [0, 0.1) is 0 Å². The summed E-state index contributed by atoms with van der Waals surface area (Å²) in [6.07, 6.45) is -0.721. The smallest absolute Gasteiger partial charge is 0.344 e. The summed E-state index contributed by atoms with van der Waals surface area (Å²) in [5.41, 5.74) is -2.41. The van der Waals surface area contributed by atoms with E-state index in [2.05, 4.69) is 0 Å². The number of ether oxygens (including phenoxy) is 3. The SMILES string of the molecule is O=C1OC[C@]2(O)[C@H](OCc3ccccc3)CO[C@]12CO. The van der Waals surface area contributed by atoms with Crippen molar-refractivity contribution in [2.45, 2.75) is 23.9 Å². The van der Waals surface area contributed by atoms with Crippen LogP contribution >= 0.6 is 0 Å². The molecule has 0 aromatic heterocycles. The number of aliphatic hydroxyl groups is 2.